The third kappa shape index (κ3) is 4.62. The lowest BCUT2D eigenvalue weighted by Gasteiger charge is -2.00. The van der Waals surface area contributed by atoms with Gasteiger partial charge < -0.3 is 9.30 Å². The van der Waals surface area contributed by atoms with E-state index in [1.165, 1.54) is 18.4 Å². The summed E-state index contributed by atoms with van der Waals surface area (Å²) in [5.41, 5.74) is 1.22. The Balaban J connectivity index is 1.65. The van der Waals surface area contributed by atoms with Crippen LogP contribution in [0.4, 0.5) is 0 Å². The molecule has 100 valence electrons. The van der Waals surface area contributed by atoms with Crippen molar-refractivity contribution in [1.82, 2.24) is 9.55 Å². The number of methoxy groups -OCH3 is 1. The maximum absolute atomic E-state index is 5.13. The minimum Gasteiger partial charge on any atom is -0.497 e. The number of unbranched alkanes of at least 4 members (excludes halogenated alkanes) is 2. The summed E-state index contributed by atoms with van der Waals surface area (Å²) in [7, 11) is 1.69. The lowest BCUT2D eigenvalue weighted by Crippen LogP contribution is -1.93. The molecule has 0 N–H and O–H groups in total. The van der Waals surface area contributed by atoms with Gasteiger partial charge in [-0.3, -0.25) is 0 Å². The summed E-state index contributed by atoms with van der Waals surface area (Å²) in [6, 6.07) is 8.11. The maximum atomic E-state index is 5.13. The van der Waals surface area contributed by atoms with Crippen LogP contribution >= 0.6 is 0 Å². The van der Waals surface area contributed by atoms with Crippen molar-refractivity contribution < 1.29 is 4.74 Å². The highest BCUT2D eigenvalue weighted by Gasteiger charge is 1.91. The van der Waals surface area contributed by atoms with E-state index in [2.05, 4.69) is 33.8 Å². The first kappa shape index (κ1) is 13.4. The van der Waals surface area contributed by atoms with Gasteiger partial charge in [-0.15, -0.1) is 0 Å². The molecule has 1 heterocycles. The summed E-state index contributed by atoms with van der Waals surface area (Å²) in [6.45, 7) is 1.05. The smallest absolute Gasteiger partial charge is 0.118 e. The number of hydrogen-bond acceptors (Lipinski definition) is 2. The van der Waals surface area contributed by atoms with Crippen molar-refractivity contribution in [2.75, 3.05) is 7.11 Å². The van der Waals surface area contributed by atoms with Gasteiger partial charge in [0.1, 0.15) is 5.75 Å². The van der Waals surface area contributed by atoms with E-state index in [1.54, 1.807) is 7.11 Å². The molecule has 0 radical (unpaired) electrons. The summed E-state index contributed by atoms with van der Waals surface area (Å²) in [6.07, 6.45) is 13.6. The van der Waals surface area contributed by atoms with Crippen LogP contribution in [0.2, 0.25) is 0 Å². The predicted molar refractivity (Wildman–Crippen MR) is 78.1 cm³/mol. The average Bonchev–Trinajstić information content (AvgIpc) is 2.96. The van der Waals surface area contributed by atoms with Crippen molar-refractivity contribution in [3.8, 4) is 5.75 Å². The second kappa shape index (κ2) is 7.41. The van der Waals surface area contributed by atoms with Gasteiger partial charge in [-0.25, -0.2) is 4.98 Å². The van der Waals surface area contributed by atoms with Crippen LogP contribution in [0, 0.1) is 0 Å². The molecule has 0 saturated heterocycles. The van der Waals surface area contributed by atoms with E-state index in [4.69, 9.17) is 4.74 Å². The Morgan fingerprint density at radius 3 is 2.74 bits per heavy atom. The number of aryl methyl sites for hydroxylation is 1. The molecule has 3 heteroatoms. The fourth-order valence-electron chi connectivity index (χ4n) is 1.91. The van der Waals surface area contributed by atoms with E-state index < -0.39 is 0 Å². The molecule has 1 aromatic carbocycles. The summed E-state index contributed by atoms with van der Waals surface area (Å²) in [5, 5.41) is 0. The largest absolute Gasteiger partial charge is 0.497 e. The third-order valence-corrected chi connectivity index (χ3v) is 3.02. The van der Waals surface area contributed by atoms with Crippen LogP contribution in [-0.2, 0) is 6.54 Å². The Morgan fingerprint density at radius 1 is 1.21 bits per heavy atom. The number of nitrogens with zero attached hydrogens (tertiary/aromatic N) is 2. The van der Waals surface area contributed by atoms with Gasteiger partial charge in [-0.1, -0.05) is 24.3 Å². The average molecular weight is 256 g/mol. The van der Waals surface area contributed by atoms with Crippen LogP contribution in [-0.4, -0.2) is 16.7 Å². The van der Waals surface area contributed by atoms with E-state index in [-0.39, 0.29) is 0 Å². The Bertz CT molecular complexity index is 486. The van der Waals surface area contributed by atoms with E-state index in [9.17, 15) is 0 Å². The molecule has 0 fully saturated rings. The van der Waals surface area contributed by atoms with Gasteiger partial charge in [-0.2, -0.15) is 0 Å². The second-order valence-corrected chi connectivity index (χ2v) is 4.47. The molecule has 2 rings (SSSR count). The topological polar surface area (TPSA) is 27.1 Å². The van der Waals surface area contributed by atoms with Crippen LogP contribution in [0.5, 0.6) is 5.75 Å². The highest BCUT2D eigenvalue weighted by molar-refractivity contribution is 5.50. The van der Waals surface area contributed by atoms with Gasteiger partial charge in [0.15, 0.2) is 0 Å². The highest BCUT2D eigenvalue weighted by Crippen LogP contribution is 2.12. The van der Waals surface area contributed by atoms with Crippen molar-refractivity contribution in [3.05, 3.63) is 54.6 Å². The monoisotopic (exact) mass is 256 g/mol. The summed E-state index contributed by atoms with van der Waals surface area (Å²) < 4.78 is 7.25. The SMILES string of the molecule is COc1ccc(C=CCCCCn2ccnc2)cc1. The Labute approximate surface area is 114 Å². The minimum absolute atomic E-state index is 0.900. The Hall–Kier alpha value is -2.03. The van der Waals surface area contributed by atoms with Crippen molar-refractivity contribution in [2.24, 2.45) is 0 Å². The summed E-state index contributed by atoms with van der Waals surface area (Å²) >= 11 is 0. The Kier molecular flexibility index (Phi) is 5.23. The quantitative estimate of drug-likeness (QED) is 0.705. The van der Waals surface area contributed by atoms with E-state index in [0.717, 1.165) is 18.7 Å². The molecule has 0 bridgehead atoms. The van der Waals surface area contributed by atoms with Crippen LogP contribution in [0.25, 0.3) is 6.08 Å². The van der Waals surface area contributed by atoms with Crippen LogP contribution in [0.1, 0.15) is 24.8 Å². The molecule has 2 aromatic rings. The molecular formula is C16H20N2O. The Morgan fingerprint density at radius 2 is 2.05 bits per heavy atom. The first-order valence-electron chi connectivity index (χ1n) is 6.65. The molecular weight excluding hydrogens is 236 g/mol. The number of rotatable bonds is 7. The maximum Gasteiger partial charge on any atom is 0.118 e. The number of ether oxygens (including phenoxy) is 1. The molecule has 0 atom stereocenters. The zero-order valence-corrected chi connectivity index (χ0v) is 11.3. The van der Waals surface area contributed by atoms with Crippen molar-refractivity contribution >= 4 is 6.08 Å². The van der Waals surface area contributed by atoms with Crippen molar-refractivity contribution in [1.29, 1.82) is 0 Å². The number of allylic oxidation sites excluding steroid dienone is 1. The first-order chi connectivity index (χ1) is 9.38. The predicted octanol–water partition coefficient (Wildman–Crippen LogP) is 3.78. The van der Waals surface area contributed by atoms with E-state index in [0.29, 0.717) is 0 Å². The van der Waals surface area contributed by atoms with Gasteiger partial charge in [0, 0.05) is 18.9 Å². The lowest BCUT2D eigenvalue weighted by atomic mass is 10.1. The molecule has 0 aliphatic rings. The van der Waals surface area contributed by atoms with E-state index >= 15 is 0 Å². The van der Waals surface area contributed by atoms with Gasteiger partial charge in [-0.05, 0) is 37.0 Å². The van der Waals surface area contributed by atoms with Crippen molar-refractivity contribution in [3.63, 3.8) is 0 Å². The highest BCUT2D eigenvalue weighted by atomic mass is 16.5. The second-order valence-electron chi connectivity index (χ2n) is 4.47. The molecule has 19 heavy (non-hydrogen) atoms. The fourth-order valence-corrected chi connectivity index (χ4v) is 1.91. The number of hydrogen-bond donors (Lipinski definition) is 0. The molecule has 0 aliphatic carbocycles. The first-order valence-corrected chi connectivity index (χ1v) is 6.65. The molecule has 0 amide bonds. The number of imidazole rings is 1. The van der Waals surface area contributed by atoms with Crippen LogP contribution in [0.3, 0.4) is 0 Å². The molecule has 1 aromatic heterocycles. The zero-order chi connectivity index (χ0) is 13.3. The van der Waals surface area contributed by atoms with Gasteiger partial charge >= 0.3 is 0 Å². The number of aromatic nitrogens is 2. The fraction of sp³-hybridized carbons (Fsp3) is 0.312. The zero-order valence-electron chi connectivity index (χ0n) is 11.3. The molecule has 0 unspecified atom stereocenters. The standard InChI is InChI=1S/C16H20N2O/c1-19-16-9-7-15(8-10-16)6-4-2-3-5-12-18-13-11-17-14-18/h4,6-11,13-14H,2-3,5,12H2,1H3. The van der Waals surface area contributed by atoms with E-state index in [1.807, 2.05) is 30.9 Å². The van der Waals surface area contributed by atoms with Crippen LogP contribution in [0.15, 0.2) is 49.1 Å². The molecule has 0 spiro atoms. The molecule has 0 saturated carbocycles. The molecule has 0 aliphatic heterocycles. The van der Waals surface area contributed by atoms with Crippen molar-refractivity contribution in [2.45, 2.75) is 25.8 Å². The van der Waals surface area contributed by atoms with Gasteiger partial charge in [0.25, 0.3) is 0 Å². The molecule has 3 nitrogen and oxygen atoms in total. The summed E-state index contributed by atoms with van der Waals surface area (Å²) in [4.78, 5) is 4.03. The van der Waals surface area contributed by atoms with Gasteiger partial charge in [0.05, 0.1) is 13.4 Å². The number of benzene rings is 1. The van der Waals surface area contributed by atoms with Gasteiger partial charge in [0.2, 0.25) is 0 Å². The lowest BCUT2D eigenvalue weighted by molar-refractivity contribution is 0.415. The third-order valence-electron chi connectivity index (χ3n) is 3.02. The van der Waals surface area contributed by atoms with Crippen LogP contribution < -0.4 is 4.74 Å². The minimum atomic E-state index is 0.900. The normalized spacial score (nSPS) is 11.0. The summed E-state index contributed by atoms with van der Waals surface area (Å²) in [5.74, 6) is 0.900.